The fourth-order valence-corrected chi connectivity index (χ4v) is 4.87. The summed E-state index contributed by atoms with van der Waals surface area (Å²) in [4.78, 5) is 30.9. The van der Waals surface area contributed by atoms with Gasteiger partial charge in [-0.15, -0.1) is 23.1 Å². The van der Waals surface area contributed by atoms with E-state index in [9.17, 15) is 9.59 Å². The monoisotopic (exact) mass is 433 g/mol. The largest absolute Gasteiger partial charge is 0.454 e. The van der Waals surface area contributed by atoms with E-state index < -0.39 is 0 Å². The number of hydrogen-bond acceptors (Lipinski definition) is 7. The maximum Gasteiger partial charge on any atom is 0.236 e. The predicted molar refractivity (Wildman–Crippen MR) is 115 cm³/mol. The van der Waals surface area contributed by atoms with Crippen LogP contribution in [0.3, 0.4) is 0 Å². The average Bonchev–Trinajstić information content (AvgIpc) is 3.36. The molecule has 0 spiro atoms. The Kier molecular flexibility index (Phi) is 6.25. The number of carbonyl (C=O) groups is 2. The quantitative estimate of drug-likeness (QED) is 0.751. The molecular formula is C20H23N3O4S2. The zero-order valence-electron chi connectivity index (χ0n) is 16.2. The molecule has 1 aromatic carbocycles. The van der Waals surface area contributed by atoms with Gasteiger partial charge in [0.2, 0.25) is 18.6 Å². The molecule has 1 aromatic heterocycles. The summed E-state index contributed by atoms with van der Waals surface area (Å²) in [5.41, 5.74) is 1.67. The van der Waals surface area contributed by atoms with Crippen molar-refractivity contribution >= 4 is 40.0 Å². The van der Waals surface area contributed by atoms with Crippen molar-refractivity contribution in [2.45, 2.75) is 19.8 Å². The Labute approximate surface area is 177 Å². The highest BCUT2D eigenvalue weighted by Crippen LogP contribution is 2.36. The highest BCUT2D eigenvalue weighted by atomic mass is 32.2. The summed E-state index contributed by atoms with van der Waals surface area (Å²) in [6.45, 7) is 4.06. The van der Waals surface area contributed by atoms with Crippen LogP contribution in [0, 0.1) is 5.92 Å². The van der Waals surface area contributed by atoms with Crippen molar-refractivity contribution in [1.82, 2.24) is 9.88 Å². The van der Waals surface area contributed by atoms with Crippen LogP contribution in [-0.2, 0) is 9.59 Å². The van der Waals surface area contributed by atoms with Gasteiger partial charge in [-0.25, -0.2) is 4.98 Å². The first-order valence-corrected chi connectivity index (χ1v) is 11.6. The molecule has 0 aliphatic carbocycles. The summed E-state index contributed by atoms with van der Waals surface area (Å²) >= 11 is 2.71. The summed E-state index contributed by atoms with van der Waals surface area (Å²) in [7, 11) is 0. The van der Waals surface area contributed by atoms with Crippen LogP contribution >= 0.6 is 23.1 Å². The number of thiazole rings is 1. The number of nitrogens with zero attached hydrogens (tertiary/aromatic N) is 2. The molecule has 9 heteroatoms. The standard InChI is InChI=1S/C20H23N3O4S2/c1-13-3-2-6-23(8-13)19(25)11-28-10-18(24)22-20-21-15(9-29-20)14-4-5-16-17(7-14)27-12-26-16/h4-5,7,9,13H,2-3,6,8,10-12H2,1H3,(H,21,22,24)/t13-/m0/s1. The lowest BCUT2D eigenvalue weighted by molar-refractivity contribution is -0.130. The molecule has 1 saturated heterocycles. The maximum absolute atomic E-state index is 12.3. The van der Waals surface area contributed by atoms with Crippen LogP contribution in [0.4, 0.5) is 5.13 Å². The van der Waals surface area contributed by atoms with Gasteiger partial charge in [-0.1, -0.05) is 6.92 Å². The molecule has 3 heterocycles. The predicted octanol–water partition coefficient (Wildman–Crippen LogP) is 3.47. The van der Waals surface area contributed by atoms with E-state index in [1.54, 1.807) is 0 Å². The number of nitrogens with one attached hydrogen (secondary N) is 1. The third-order valence-electron chi connectivity index (χ3n) is 4.89. The molecule has 0 radical (unpaired) electrons. The summed E-state index contributed by atoms with van der Waals surface area (Å²) in [5.74, 6) is 2.52. The molecule has 1 atom stereocenters. The summed E-state index contributed by atoms with van der Waals surface area (Å²) in [5, 5.41) is 5.24. The van der Waals surface area contributed by atoms with Gasteiger partial charge in [-0.3, -0.25) is 9.59 Å². The Morgan fingerprint density at radius 3 is 3.03 bits per heavy atom. The fraction of sp³-hybridized carbons (Fsp3) is 0.450. The minimum absolute atomic E-state index is 0.119. The molecule has 2 amide bonds. The molecule has 2 aliphatic heterocycles. The molecule has 2 aliphatic rings. The lowest BCUT2D eigenvalue weighted by Crippen LogP contribution is -2.40. The van der Waals surface area contributed by atoms with Crippen LogP contribution in [0.2, 0.25) is 0 Å². The van der Waals surface area contributed by atoms with Crippen molar-refractivity contribution in [3.05, 3.63) is 23.6 Å². The Hall–Kier alpha value is -2.26. The number of aromatic nitrogens is 1. The summed E-state index contributed by atoms with van der Waals surface area (Å²) < 4.78 is 10.7. The van der Waals surface area contributed by atoms with Gasteiger partial charge < -0.3 is 19.7 Å². The summed E-state index contributed by atoms with van der Waals surface area (Å²) in [6.07, 6.45) is 2.25. The van der Waals surface area contributed by atoms with Gasteiger partial charge in [0.25, 0.3) is 0 Å². The van der Waals surface area contributed by atoms with Crippen molar-refractivity contribution in [2.24, 2.45) is 5.92 Å². The van der Waals surface area contributed by atoms with Gasteiger partial charge in [0, 0.05) is 24.0 Å². The number of ether oxygens (including phenoxy) is 2. The van der Waals surface area contributed by atoms with E-state index in [-0.39, 0.29) is 24.4 Å². The highest BCUT2D eigenvalue weighted by Gasteiger charge is 2.21. The number of fused-ring (bicyclic) bond motifs is 1. The first-order valence-electron chi connectivity index (χ1n) is 9.59. The topological polar surface area (TPSA) is 80.8 Å². The smallest absolute Gasteiger partial charge is 0.236 e. The number of rotatable bonds is 6. The second kappa shape index (κ2) is 9.04. The van der Waals surface area contributed by atoms with Crippen LogP contribution in [0.25, 0.3) is 11.3 Å². The zero-order valence-corrected chi connectivity index (χ0v) is 17.8. The number of likely N-dealkylation sites (tertiary alicyclic amines) is 1. The summed E-state index contributed by atoms with van der Waals surface area (Å²) in [6, 6.07) is 5.65. The molecule has 1 fully saturated rings. The number of hydrogen-bond donors (Lipinski definition) is 1. The van der Waals surface area contributed by atoms with Gasteiger partial charge in [0.05, 0.1) is 17.2 Å². The molecule has 0 saturated carbocycles. The number of carbonyl (C=O) groups excluding carboxylic acids is 2. The highest BCUT2D eigenvalue weighted by molar-refractivity contribution is 8.00. The van der Waals surface area contributed by atoms with Gasteiger partial charge >= 0.3 is 0 Å². The van der Waals surface area contributed by atoms with Crippen molar-refractivity contribution in [1.29, 1.82) is 0 Å². The third-order valence-corrected chi connectivity index (χ3v) is 6.56. The van der Waals surface area contributed by atoms with Crippen molar-refractivity contribution in [2.75, 3.05) is 36.7 Å². The van der Waals surface area contributed by atoms with E-state index in [0.29, 0.717) is 22.6 Å². The van der Waals surface area contributed by atoms with E-state index in [2.05, 4.69) is 17.2 Å². The number of thioether (sulfide) groups is 1. The first kappa shape index (κ1) is 20.0. The van der Waals surface area contributed by atoms with Gasteiger partial charge in [0.1, 0.15) is 0 Å². The fourth-order valence-electron chi connectivity index (χ4n) is 3.41. The maximum atomic E-state index is 12.3. The Morgan fingerprint density at radius 1 is 1.31 bits per heavy atom. The number of anilines is 1. The molecule has 29 heavy (non-hydrogen) atoms. The minimum atomic E-state index is -0.151. The zero-order chi connectivity index (χ0) is 20.2. The van der Waals surface area contributed by atoms with Crippen LogP contribution in [-0.4, -0.2) is 53.1 Å². The van der Waals surface area contributed by atoms with E-state index in [0.717, 1.165) is 36.5 Å². The van der Waals surface area contributed by atoms with Crippen LogP contribution in [0.5, 0.6) is 11.5 Å². The van der Waals surface area contributed by atoms with Crippen LogP contribution in [0.15, 0.2) is 23.6 Å². The Balaban J connectivity index is 1.24. The van der Waals surface area contributed by atoms with Crippen molar-refractivity contribution < 1.29 is 19.1 Å². The second-order valence-electron chi connectivity index (χ2n) is 7.23. The molecule has 0 unspecified atom stereocenters. The molecule has 7 nitrogen and oxygen atoms in total. The van der Waals surface area contributed by atoms with Crippen molar-refractivity contribution in [3.63, 3.8) is 0 Å². The normalized spacial score (nSPS) is 18.0. The van der Waals surface area contributed by atoms with Gasteiger partial charge in [-0.2, -0.15) is 0 Å². The van der Waals surface area contributed by atoms with Crippen molar-refractivity contribution in [3.8, 4) is 22.8 Å². The molecule has 0 bridgehead atoms. The number of piperidine rings is 1. The van der Waals surface area contributed by atoms with E-state index in [1.807, 2.05) is 28.5 Å². The molecule has 2 aromatic rings. The Morgan fingerprint density at radius 2 is 2.17 bits per heavy atom. The van der Waals surface area contributed by atoms with Crippen LogP contribution < -0.4 is 14.8 Å². The average molecular weight is 434 g/mol. The van der Waals surface area contributed by atoms with E-state index in [4.69, 9.17) is 9.47 Å². The first-order chi connectivity index (χ1) is 14.1. The molecule has 1 N–H and O–H groups in total. The SMILES string of the molecule is C[C@H]1CCCN(C(=O)CSCC(=O)Nc2nc(-c3ccc4c(c3)OCO4)cs2)C1. The third kappa shape index (κ3) is 5.02. The van der Waals surface area contributed by atoms with E-state index in [1.165, 1.54) is 29.5 Å². The van der Waals surface area contributed by atoms with Crippen LogP contribution in [0.1, 0.15) is 19.8 Å². The lowest BCUT2D eigenvalue weighted by Gasteiger charge is -2.30. The lowest BCUT2D eigenvalue weighted by atomic mass is 10.0. The molecule has 154 valence electrons. The number of benzene rings is 1. The number of amides is 2. The Bertz CT molecular complexity index is 902. The second-order valence-corrected chi connectivity index (χ2v) is 9.08. The van der Waals surface area contributed by atoms with Gasteiger partial charge in [-0.05, 0) is 37.0 Å². The molecular weight excluding hydrogens is 410 g/mol. The van der Waals surface area contributed by atoms with Gasteiger partial charge in [0.15, 0.2) is 16.6 Å². The van der Waals surface area contributed by atoms with E-state index >= 15 is 0 Å². The minimum Gasteiger partial charge on any atom is -0.454 e. The molecule has 4 rings (SSSR count).